The van der Waals surface area contributed by atoms with E-state index in [1.807, 2.05) is 41.8 Å². The molecule has 8 heteroatoms. The van der Waals surface area contributed by atoms with Gasteiger partial charge in [0.2, 0.25) is 5.91 Å². The molecule has 0 saturated carbocycles. The van der Waals surface area contributed by atoms with Gasteiger partial charge in [0.1, 0.15) is 11.6 Å². The minimum Gasteiger partial charge on any atom is -0.444 e. The van der Waals surface area contributed by atoms with E-state index in [2.05, 4.69) is 20.6 Å². The fourth-order valence-corrected chi connectivity index (χ4v) is 3.30. The summed E-state index contributed by atoms with van der Waals surface area (Å²) >= 11 is 1.43. The Hall–Kier alpha value is -3.26. The second-order valence-corrected chi connectivity index (χ2v) is 8.40. The molecule has 0 unspecified atom stereocenters. The Labute approximate surface area is 179 Å². The number of hydrogen-bond donors (Lipinski definition) is 2. The molecule has 2 heterocycles. The minimum atomic E-state index is -0.818. The van der Waals surface area contributed by atoms with Crippen molar-refractivity contribution in [1.29, 1.82) is 0 Å². The van der Waals surface area contributed by atoms with Crippen LogP contribution in [0.15, 0.2) is 59.7 Å². The van der Waals surface area contributed by atoms with Gasteiger partial charge in [0.15, 0.2) is 0 Å². The third-order valence-corrected chi connectivity index (χ3v) is 4.71. The number of rotatable bonds is 6. The van der Waals surface area contributed by atoms with Gasteiger partial charge in [0.25, 0.3) is 0 Å². The summed E-state index contributed by atoms with van der Waals surface area (Å²) in [5.41, 5.74) is 4.44. The molecule has 2 N–H and O–H groups in total. The van der Waals surface area contributed by atoms with Crippen LogP contribution in [0, 0.1) is 0 Å². The van der Waals surface area contributed by atoms with E-state index in [4.69, 9.17) is 4.74 Å². The molecule has 2 aromatic heterocycles. The molecule has 7 nitrogen and oxygen atoms in total. The lowest BCUT2D eigenvalue weighted by Crippen LogP contribution is -2.47. The number of alkyl carbamates (subject to hydrolysis) is 1. The molecule has 1 aromatic carbocycles. The number of ether oxygens (including phenoxy) is 1. The highest BCUT2D eigenvalue weighted by atomic mass is 32.1. The molecule has 0 aliphatic heterocycles. The molecule has 0 fully saturated rings. The van der Waals surface area contributed by atoms with Crippen LogP contribution in [-0.2, 0) is 16.0 Å². The van der Waals surface area contributed by atoms with Crippen molar-refractivity contribution in [2.75, 3.05) is 5.32 Å². The summed E-state index contributed by atoms with van der Waals surface area (Å²) in [5.74, 6) is -0.342. The third kappa shape index (κ3) is 6.38. The zero-order valence-corrected chi connectivity index (χ0v) is 17.9. The first-order valence-corrected chi connectivity index (χ1v) is 10.4. The van der Waals surface area contributed by atoms with Gasteiger partial charge >= 0.3 is 6.09 Å². The van der Waals surface area contributed by atoms with Crippen LogP contribution in [0.5, 0.6) is 0 Å². The molecule has 156 valence electrons. The summed E-state index contributed by atoms with van der Waals surface area (Å²) in [5, 5.41) is 7.36. The van der Waals surface area contributed by atoms with Crippen LogP contribution >= 0.6 is 11.3 Å². The Morgan fingerprint density at radius 1 is 1.07 bits per heavy atom. The number of aromatic nitrogens is 2. The van der Waals surface area contributed by atoms with E-state index in [1.54, 1.807) is 38.7 Å². The van der Waals surface area contributed by atoms with Gasteiger partial charge in [0.05, 0.1) is 11.2 Å². The number of thiazole rings is 1. The second-order valence-electron chi connectivity index (χ2n) is 7.69. The summed E-state index contributed by atoms with van der Waals surface area (Å²) in [6, 6.07) is 10.5. The first-order valence-electron chi connectivity index (χ1n) is 9.48. The zero-order chi connectivity index (χ0) is 21.6. The van der Waals surface area contributed by atoms with Crippen LogP contribution in [0.25, 0.3) is 11.1 Å². The van der Waals surface area contributed by atoms with Crippen LogP contribution in [0.3, 0.4) is 0 Å². The SMILES string of the molecule is CC(C)(C)OC(=O)N[C@@H](Cc1cscn1)C(=O)Nc1ccc(-c2ccncc2)cc1. The van der Waals surface area contributed by atoms with E-state index in [9.17, 15) is 9.59 Å². The number of pyridine rings is 1. The number of benzene rings is 1. The van der Waals surface area contributed by atoms with Crippen molar-refractivity contribution < 1.29 is 14.3 Å². The highest BCUT2D eigenvalue weighted by molar-refractivity contribution is 7.07. The lowest BCUT2D eigenvalue weighted by molar-refractivity contribution is -0.118. The molecule has 0 saturated heterocycles. The van der Waals surface area contributed by atoms with Gasteiger partial charge in [0, 0.05) is 29.9 Å². The second kappa shape index (κ2) is 9.49. The highest BCUT2D eigenvalue weighted by Gasteiger charge is 2.25. The normalized spacial score (nSPS) is 12.1. The first kappa shape index (κ1) is 21.4. The molecule has 2 amide bonds. The van der Waals surface area contributed by atoms with Crippen molar-refractivity contribution >= 4 is 29.0 Å². The number of nitrogens with zero attached hydrogens (tertiary/aromatic N) is 2. The highest BCUT2D eigenvalue weighted by Crippen LogP contribution is 2.21. The molecule has 0 aliphatic rings. The third-order valence-electron chi connectivity index (χ3n) is 4.07. The van der Waals surface area contributed by atoms with Gasteiger partial charge in [-0.3, -0.25) is 9.78 Å². The fraction of sp³-hybridized carbons (Fsp3) is 0.273. The van der Waals surface area contributed by atoms with E-state index >= 15 is 0 Å². The number of hydrogen-bond acceptors (Lipinski definition) is 6. The number of amides is 2. The molecule has 1 atom stereocenters. The first-order chi connectivity index (χ1) is 14.3. The summed E-state index contributed by atoms with van der Waals surface area (Å²) in [7, 11) is 0. The topological polar surface area (TPSA) is 93.2 Å². The lowest BCUT2D eigenvalue weighted by Gasteiger charge is -2.23. The molecule has 0 radical (unpaired) electrons. The quantitative estimate of drug-likeness (QED) is 0.616. The predicted molar refractivity (Wildman–Crippen MR) is 117 cm³/mol. The van der Waals surface area contributed by atoms with Crippen LogP contribution in [0.2, 0.25) is 0 Å². The Morgan fingerprint density at radius 3 is 2.33 bits per heavy atom. The molecule has 30 heavy (non-hydrogen) atoms. The standard InChI is InChI=1S/C22H24N4O3S/c1-22(2,3)29-21(28)26-19(12-18-13-30-14-24-18)20(27)25-17-6-4-15(5-7-17)16-8-10-23-11-9-16/h4-11,13-14,19H,12H2,1-3H3,(H,25,27)(H,26,28)/t19-/m0/s1. The van der Waals surface area contributed by atoms with Crippen molar-refractivity contribution in [3.05, 3.63) is 65.4 Å². The number of carbonyl (C=O) groups excluding carboxylic acids is 2. The monoisotopic (exact) mass is 424 g/mol. The molecular weight excluding hydrogens is 400 g/mol. The summed E-state index contributed by atoms with van der Waals surface area (Å²) < 4.78 is 5.30. The van der Waals surface area contributed by atoms with Gasteiger partial charge < -0.3 is 15.4 Å². The van der Waals surface area contributed by atoms with Crippen molar-refractivity contribution in [3.63, 3.8) is 0 Å². The average molecular weight is 425 g/mol. The average Bonchev–Trinajstić information content (AvgIpc) is 3.20. The van der Waals surface area contributed by atoms with Crippen molar-refractivity contribution in [2.45, 2.75) is 38.8 Å². The van der Waals surface area contributed by atoms with Gasteiger partial charge in [-0.05, 0) is 56.2 Å². The maximum Gasteiger partial charge on any atom is 0.408 e. The van der Waals surface area contributed by atoms with Crippen LogP contribution < -0.4 is 10.6 Å². The van der Waals surface area contributed by atoms with Gasteiger partial charge in [-0.15, -0.1) is 11.3 Å². The van der Waals surface area contributed by atoms with Crippen LogP contribution in [0.1, 0.15) is 26.5 Å². The Kier molecular flexibility index (Phi) is 6.79. The number of carbonyl (C=O) groups is 2. The van der Waals surface area contributed by atoms with E-state index in [0.717, 1.165) is 16.8 Å². The smallest absolute Gasteiger partial charge is 0.408 e. The zero-order valence-electron chi connectivity index (χ0n) is 17.1. The van der Waals surface area contributed by atoms with Gasteiger partial charge in [-0.1, -0.05) is 12.1 Å². The molecule has 0 aliphatic carbocycles. The number of anilines is 1. The maximum absolute atomic E-state index is 12.9. The minimum absolute atomic E-state index is 0.268. The molecule has 3 aromatic rings. The largest absolute Gasteiger partial charge is 0.444 e. The Balaban J connectivity index is 1.69. The Bertz CT molecular complexity index is 968. The van der Waals surface area contributed by atoms with E-state index in [-0.39, 0.29) is 12.3 Å². The summed E-state index contributed by atoms with van der Waals surface area (Å²) in [4.78, 5) is 33.3. The Morgan fingerprint density at radius 2 is 1.73 bits per heavy atom. The maximum atomic E-state index is 12.9. The van der Waals surface area contributed by atoms with Crippen LogP contribution in [0.4, 0.5) is 10.5 Å². The summed E-state index contributed by atoms with van der Waals surface area (Å²) in [6.45, 7) is 5.31. The van der Waals surface area contributed by atoms with Gasteiger partial charge in [-0.2, -0.15) is 0 Å². The predicted octanol–water partition coefficient (Wildman–Crippen LogP) is 4.28. The number of nitrogens with one attached hydrogen (secondary N) is 2. The molecular formula is C22H24N4O3S. The van der Waals surface area contributed by atoms with Crippen molar-refractivity contribution in [2.24, 2.45) is 0 Å². The van der Waals surface area contributed by atoms with Crippen molar-refractivity contribution in [1.82, 2.24) is 15.3 Å². The molecule has 3 rings (SSSR count). The lowest BCUT2D eigenvalue weighted by atomic mass is 10.1. The summed E-state index contributed by atoms with van der Waals surface area (Å²) in [6.07, 6.45) is 3.09. The van der Waals surface area contributed by atoms with Gasteiger partial charge in [-0.25, -0.2) is 9.78 Å². The van der Waals surface area contributed by atoms with E-state index in [0.29, 0.717) is 5.69 Å². The van der Waals surface area contributed by atoms with Crippen LogP contribution in [-0.4, -0.2) is 33.6 Å². The van der Waals surface area contributed by atoms with E-state index in [1.165, 1.54) is 11.3 Å². The van der Waals surface area contributed by atoms with E-state index < -0.39 is 17.7 Å². The fourth-order valence-electron chi connectivity index (χ4n) is 2.73. The molecule has 0 spiro atoms. The van der Waals surface area contributed by atoms with Crippen molar-refractivity contribution in [3.8, 4) is 11.1 Å². The molecule has 0 bridgehead atoms.